The Kier molecular flexibility index (Phi) is 1.87. The SMILES string of the molecule is NC1(CCC2OCCO2)CC1. The third-order valence-corrected chi connectivity index (χ3v) is 2.46. The van der Waals surface area contributed by atoms with Gasteiger partial charge in [-0.3, -0.25) is 0 Å². The molecule has 0 unspecified atom stereocenters. The topological polar surface area (TPSA) is 44.5 Å². The van der Waals surface area contributed by atoms with E-state index in [1.807, 2.05) is 0 Å². The largest absolute Gasteiger partial charge is 0.350 e. The second-order valence-corrected chi connectivity index (χ2v) is 3.57. The summed E-state index contributed by atoms with van der Waals surface area (Å²) in [5, 5.41) is 0. The molecule has 1 heterocycles. The summed E-state index contributed by atoms with van der Waals surface area (Å²) < 4.78 is 10.6. The van der Waals surface area contributed by atoms with E-state index >= 15 is 0 Å². The Morgan fingerprint density at radius 3 is 2.45 bits per heavy atom. The van der Waals surface area contributed by atoms with Crippen molar-refractivity contribution in [3.63, 3.8) is 0 Å². The number of rotatable bonds is 3. The van der Waals surface area contributed by atoms with Gasteiger partial charge in [-0.25, -0.2) is 0 Å². The molecule has 1 aliphatic carbocycles. The Labute approximate surface area is 66.8 Å². The van der Waals surface area contributed by atoms with Gasteiger partial charge in [0.1, 0.15) is 0 Å². The average molecular weight is 157 g/mol. The minimum atomic E-state index is 0.0380. The van der Waals surface area contributed by atoms with Crippen molar-refractivity contribution < 1.29 is 9.47 Å². The van der Waals surface area contributed by atoms with Gasteiger partial charge in [0.25, 0.3) is 0 Å². The molecule has 64 valence electrons. The maximum absolute atomic E-state index is 5.91. The van der Waals surface area contributed by atoms with E-state index in [1.165, 1.54) is 12.8 Å². The molecule has 0 bridgehead atoms. The van der Waals surface area contributed by atoms with Gasteiger partial charge in [0.15, 0.2) is 6.29 Å². The molecule has 0 radical (unpaired) electrons. The van der Waals surface area contributed by atoms with E-state index in [1.54, 1.807) is 0 Å². The van der Waals surface area contributed by atoms with E-state index in [4.69, 9.17) is 15.2 Å². The summed E-state index contributed by atoms with van der Waals surface area (Å²) >= 11 is 0. The van der Waals surface area contributed by atoms with Gasteiger partial charge in [0, 0.05) is 12.0 Å². The van der Waals surface area contributed by atoms with E-state index < -0.39 is 0 Å². The summed E-state index contributed by atoms with van der Waals surface area (Å²) in [6.07, 6.45) is 4.42. The molecule has 0 aromatic carbocycles. The molecular formula is C8H15NO2. The number of hydrogen-bond acceptors (Lipinski definition) is 3. The van der Waals surface area contributed by atoms with Crippen molar-refractivity contribution in [2.75, 3.05) is 13.2 Å². The fraction of sp³-hybridized carbons (Fsp3) is 1.00. The zero-order valence-electron chi connectivity index (χ0n) is 6.71. The highest BCUT2D eigenvalue weighted by molar-refractivity contribution is 4.98. The van der Waals surface area contributed by atoms with Gasteiger partial charge in [0.2, 0.25) is 0 Å². The first-order chi connectivity index (χ1) is 5.29. The first-order valence-corrected chi connectivity index (χ1v) is 4.31. The first kappa shape index (κ1) is 7.53. The fourth-order valence-electron chi connectivity index (χ4n) is 1.39. The molecule has 2 fully saturated rings. The highest BCUT2D eigenvalue weighted by Crippen LogP contribution is 2.37. The van der Waals surface area contributed by atoms with Crippen LogP contribution in [0.25, 0.3) is 0 Å². The Hall–Kier alpha value is -0.120. The van der Waals surface area contributed by atoms with Crippen LogP contribution in [0, 0.1) is 0 Å². The van der Waals surface area contributed by atoms with Crippen LogP contribution in [0.2, 0.25) is 0 Å². The van der Waals surface area contributed by atoms with Gasteiger partial charge in [-0.1, -0.05) is 0 Å². The van der Waals surface area contributed by atoms with Crippen LogP contribution < -0.4 is 5.73 Å². The minimum Gasteiger partial charge on any atom is -0.350 e. The molecule has 2 N–H and O–H groups in total. The van der Waals surface area contributed by atoms with E-state index in [0.717, 1.165) is 26.1 Å². The van der Waals surface area contributed by atoms with Crippen molar-refractivity contribution in [2.45, 2.75) is 37.5 Å². The van der Waals surface area contributed by atoms with Gasteiger partial charge in [0.05, 0.1) is 13.2 Å². The molecule has 0 aromatic heterocycles. The lowest BCUT2D eigenvalue weighted by Gasteiger charge is -2.11. The lowest BCUT2D eigenvalue weighted by Crippen LogP contribution is -2.23. The van der Waals surface area contributed by atoms with Gasteiger partial charge < -0.3 is 15.2 Å². The molecule has 0 atom stereocenters. The van der Waals surface area contributed by atoms with Crippen molar-refractivity contribution in [1.29, 1.82) is 0 Å². The summed E-state index contributed by atoms with van der Waals surface area (Å²) in [5.41, 5.74) is 6.06. The third kappa shape index (κ3) is 1.92. The predicted molar refractivity (Wildman–Crippen MR) is 41.1 cm³/mol. The Balaban J connectivity index is 1.65. The molecule has 3 heteroatoms. The molecule has 0 spiro atoms. The molecule has 1 aliphatic heterocycles. The molecule has 3 nitrogen and oxygen atoms in total. The highest BCUT2D eigenvalue weighted by atomic mass is 16.7. The molecular weight excluding hydrogens is 142 g/mol. The molecule has 2 rings (SSSR count). The standard InChI is InChI=1S/C8H15NO2/c9-8(3-4-8)2-1-7-10-5-6-11-7/h7H,1-6,9H2. The number of nitrogens with two attached hydrogens (primary N) is 1. The molecule has 0 amide bonds. The third-order valence-electron chi connectivity index (χ3n) is 2.46. The van der Waals surface area contributed by atoms with Gasteiger partial charge in [-0.05, 0) is 19.3 Å². The molecule has 2 aliphatic rings. The lowest BCUT2D eigenvalue weighted by molar-refractivity contribution is -0.0491. The molecule has 1 saturated carbocycles. The number of ether oxygens (including phenoxy) is 2. The normalized spacial score (nSPS) is 29.2. The van der Waals surface area contributed by atoms with Crippen LogP contribution in [0.3, 0.4) is 0 Å². The number of hydrogen-bond donors (Lipinski definition) is 1. The summed E-state index contributed by atoms with van der Waals surface area (Å²) in [7, 11) is 0. The fourth-order valence-corrected chi connectivity index (χ4v) is 1.39. The van der Waals surface area contributed by atoms with Gasteiger partial charge in [-0.2, -0.15) is 0 Å². The maximum atomic E-state index is 5.91. The van der Waals surface area contributed by atoms with Crippen LogP contribution in [-0.2, 0) is 9.47 Å². The second kappa shape index (κ2) is 2.73. The second-order valence-electron chi connectivity index (χ2n) is 3.57. The Morgan fingerprint density at radius 1 is 1.27 bits per heavy atom. The Bertz CT molecular complexity index is 139. The predicted octanol–water partition coefficient (Wildman–Crippen LogP) is 0.631. The quantitative estimate of drug-likeness (QED) is 0.653. The van der Waals surface area contributed by atoms with Gasteiger partial charge in [-0.15, -0.1) is 0 Å². The monoisotopic (exact) mass is 157 g/mol. The molecule has 11 heavy (non-hydrogen) atoms. The van der Waals surface area contributed by atoms with E-state index in [9.17, 15) is 0 Å². The van der Waals surface area contributed by atoms with Crippen LogP contribution in [-0.4, -0.2) is 25.0 Å². The average Bonchev–Trinajstić information content (AvgIpc) is 2.53. The van der Waals surface area contributed by atoms with Gasteiger partial charge >= 0.3 is 0 Å². The van der Waals surface area contributed by atoms with Crippen LogP contribution in [0.5, 0.6) is 0 Å². The van der Waals surface area contributed by atoms with Crippen LogP contribution in [0.15, 0.2) is 0 Å². The van der Waals surface area contributed by atoms with Crippen molar-refractivity contribution in [2.24, 2.45) is 5.73 Å². The van der Waals surface area contributed by atoms with Crippen molar-refractivity contribution in [3.05, 3.63) is 0 Å². The maximum Gasteiger partial charge on any atom is 0.157 e. The van der Waals surface area contributed by atoms with E-state index in [0.29, 0.717) is 0 Å². The van der Waals surface area contributed by atoms with E-state index in [-0.39, 0.29) is 11.8 Å². The minimum absolute atomic E-state index is 0.0380. The van der Waals surface area contributed by atoms with Crippen LogP contribution in [0.4, 0.5) is 0 Å². The summed E-state index contributed by atoms with van der Waals surface area (Å²) in [6.45, 7) is 1.50. The zero-order chi connectivity index (χ0) is 7.73. The van der Waals surface area contributed by atoms with Crippen molar-refractivity contribution >= 4 is 0 Å². The summed E-state index contributed by atoms with van der Waals surface area (Å²) in [6, 6.07) is 0. The summed E-state index contributed by atoms with van der Waals surface area (Å²) in [5.74, 6) is 0. The highest BCUT2D eigenvalue weighted by Gasteiger charge is 2.38. The van der Waals surface area contributed by atoms with Crippen LogP contribution >= 0.6 is 0 Å². The smallest absolute Gasteiger partial charge is 0.157 e. The van der Waals surface area contributed by atoms with Crippen LogP contribution in [0.1, 0.15) is 25.7 Å². The van der Waals surface area contributed by atoms with Crippen molar-refractivity contribution in [3.8, 4) is 0 Å². The molecule has 0 aromatic rings. The first-order valence-electron chi connectivity index (χ1n) is 4.31. The Morgan fingerprint density at radius 2 is 1.91 bits per heavy atom. The summed E-state index contributed by atoms with van der Waals surface area (Å²) in [4.78, 5) is 0. The zero-order valence-corrected chi connectivity index (χ0v) is 6.71. The van der Waals surface area contributed by atoms with Crippen molar-refractivity contribution in [1.82, 2.24) is 0 Å². The van der Waals surface area contributed by atoms with E-state index in [2.05, 4.69) is 0 Å². The lowest BCUT2D eigenvalue weighted by atomic mass is 10.1. The molecule has 1 saturated heterocycles.